The largest absolute Gasteiger partial charge is 0.465 e. The second kappa shape index (κ2) is 6.60. The van der Waals surface area contributed by atoms with Gasteiger partial charge in [-0.2, -0.15) is 9.78 Å². The number of aromatic nitrogens is 4. The Bertz CT molecular complexity index is 1150. The lowest BCUT2D eigenvalue weighted by Gasteiger charge is -2.05. The summed E-state index contributed by atoms with van der Waals surface area (Å²) in [5.74, 6) is -0.440. The van der Waals surface area contributed by atoms with Crippen LogP contribution in [0.1, 0.15) is 16.1 Å². The van der Waals surface area contributed by atoms with Crippen molar-refractivity contribution in [2.45, 2.75) is 6.92 Å². The molecule has 0 atom stereocenters. The lowest BCUT2D eigenvalue weighted by atomic mass is 10.1. The molecule has 0 unspecified atom stereocenters. The molecule has 0 aliphatic carbocycles. The maximum atomic E-state index is 13.9. The third-order valence-corrected chi connectivity index (χ3v) is 4.30. The first kappa shape index (κ1) is 16.8. The van der Waals surface area contributed by atoms with Gasteiger partial charge in [-0.1, -0.05) is 24.3 Å². The molecule has 4 rings (SSSR count). The number of nitrogens with zero attached hydrogens (tertiary/aromatic N) is 4. The Kier molecular flexibility index (Phi) is 4.12. The second-order valence-electron chi connectivity index (χ2n) is 5.97. The molecule has 0 radical (unpaired) electrons. The summed E-state index contributed by atoms with van der Waals surface area (Å²) in [5.41, 5.74) is 2.88. The van der Waals surface area contributed by atoms with Gasteiger partial charge in [0.25, 0.3) is 5.95 Å². The van der Waals surface area contributed by atoms with Gasteiger partial charge in [0.2, 0.25) is 0 Å². The zero-order chi connectivity index (χ0) is 19.0. The van der Waals surface area contributed by atoms with E-state index in [1.165, 1.54) is 13.2 Å². The predicted octanol–water partition coefficient (Wildman–Crippen LogP) is 3.72. The third-order valence-electron chi connectivity index (χ3n) is 4.30. The van der Waals surface area contributed by atoms with Gasteiger partial charge in [-0.05, 0) is 25.1 Å². The average Bonchev–Trinajstić information content (AvgIpc) is 3.04. The molecule has 0 bridgehead atoms. The Morgan fingerprint density at radius 3 is 2.56 bits per heavy atom. The van der Waals surface area contributed by atoms with Crippen LogP contribution in [0.3, 0.4) is 0 Å². The highest BCUT2D eigenvalue weighted by Crippen LogP contribution is 2.24. The smallest absolute Gasteiger partial charge is 0.337 e. The summed E-state index contributed by atoms with van der Waals surface area (Å²) in [6, 6.07) is 11.6. The number of hydrogen-bond acceptors (Lipinski definition) is 5. The molecule has 0 aliphatic rings. The fourth-order valence-corrected chi connectivity index (χ4v) is 2.93. The van der Waals surface area contributed by atoms with Gasteiger partial charge in [0.15, 0.2) is 0 Å². The Labute approximate surface area is 154 Å². The Balaban J connectivity index is 1.80. The number of ether oxygens (including phenoxy) is 1. The van der Waals surface area contributed by atoms with Crippen LogP contribution < -0.4 is 0 Å². The molecular formula is C20H15FN4O2. The number of rotatable bonds is 3. The molecule has 0 fully saturated rings. The first-order chi connectivity index (χ1) is 13.1. The van der Waals surface area contributed by atoms with Crippen LogP contribution in [-0.4, -0.2) is 32.8 Å². The van der Waals surface area contributed by atoms with Crippen LogP contribution in [0.15, 0.2) is 54.9 Å². The Morgan fingerprint density at radius 2 is 1.85 bits per heavy atom. The van der Waals surface area contributed by atoms with Crippen LogP contribution in [0.2, 0.25) is 0 Å². The number of hydrogen-bond donors (Lipinski definition) is 0. The van der Waals surface area contributed by atoms with Gasteiger partial charge < -0.3 is 4.74 Å². The van der Waals surface area contributed by atoms with Gasteiger partial charge in [-0.25, -0.2) is 19.2 Å². The van der Waals surface area contributed by atoms with Gasteiger partial charge in [-0.3, -0.25) is 0 Å². The van der Waals surface area contributed by atoms with E-state index in [-0.39, 0.29) is 5.82 Å². The molecule has 0 spiro atoms. The lowest BCUT2D eigenvalue weighted by molar-refractivity contribution is 0.0601. The topological polar surface area (TPSA) is 69.9 Å². The maximum Gasteiger partial charge on any atom is 0.337 e. The Morgan fingerprint density at radius 1 is 1.11 bits per heavy atom. The summed E-state index contributed by atoms with van der Waals surface area (Å²) in [6.45, 7) is 1.87. The van der Waals surface area contributed by atoms with Crippen molar-refractivity contribution >= 4 is 16.9 Å². The van der Waals surface area contributed by atoms with Crippen molar-refractivity contribution in [3.05, 3.63) is 71.9 Å². The zero-order valence-corrected chi connectivity index (χ0v) is 14.7. The molecule has 0 N–H and O–H groups in total. The molecule has 27 heavy (non-hydrogen) atoms. The van der Waals surface area contributed by atoms with Crippen LogP contribution in [0.4, 0.5) is 4.39 Å². The van der Waals surface area contributed by atoms with Crippen LogP contribution in [0.25, 0.3) is 28.0 Å². The van der Waals surface area contributed by atoms with Crippen molar-refractivity contribution < 1.29 is 13.9 Å². The minimum atomic E-state index is -0.432. The van der Waals surface area contributed by atoms with Crippen molar-refractivity contribution in [2.75, 3.05) is 7.11 Å². The normalized spacial score (nSPS) is 10.9. The van der Waals surface area contributed by atoms with Crippen molar-refractivity contribution in [3.63, 3.8) is 0 Å². The van der Waals surface area contributed by atoms with E-state index in [0.717, 1.165) is 11.1 Å². The lowest BCUT2D eigenvalue weighted by Crippen LogP contribution is -2.05. The highest BCUT2D eigenvalue weighted by molar-refractivity contribution is 5.95. The minimum Gasteiger partial charge on any atom is -0.465 e. The summed E-state index contributed by atoms with van der Waals surface area (Å²) in [7, 11) is 1.33. The number of methoxy groups -OCH3 is 1. The Hall–Kier alpha value is -3.61. The first-order valence-corrected chi connectivity index (χ1v) is 8.23. The number of fused-ring (bicyclic) bond motifs is 1. The number of benzene rings is 2. The second-order valence-corrected chi connectivity index (χ2v) is 5.97. The molecule has 7 heteroatoms. The van der Waals surface area contributed by atoms with Gasteiger partial charge >= 0.3 is 5.97 Å². The third kappa shape index (κ3) is 2.93. The van der Waals surface area contributed by atoms with E-state index in [9.17, 15) is 9.18 Å². The molecule has 0 amide bonds. The van der Waals surface area contributed by atoms with E-state index in [4.69, 9.17) is 4.74 Å². The summed E-state index contributed by atoms with van der Waals surface area (Å²) >= 11 is 0. The van der Waals surface area contributed by atoms with E-state index in [0.29, 0.717) is 28.2 Å². The van der Waals surface area contributed by atoms with Gasteiger partial charge in [0.1, 0.15) is 5.82 Å². The van der Waals surface area contributed by atoms with Gasteiger partial charge in [0, 0.05) is 28.9 Å². The van der Waals surface area contributed by atoms with Crippen molar-refractivity contribution in [2.24, 2.45) is 0 Å². The number of carbonyl (C=O) groups is 1. The van der Waals surface area contributed by atoms with E-state index >= 15 is 0 Å². The number of esters is 1. The summed E-state index contributed by atoms with van der Waals surface area (Å²) in [5, 5.41) is 5.35. The van der Waals surface area contributed by atoms with Crippen molar-refractivity contribution in [1.29, 1.82) is 0 Å². The quantitative estimate of drug-likeness (QED) is 0.520. The maximum absolute atomic E-state index is 13.9. The van der Waals surface area contributed by atoms with Gasteiger partial charge in [0.05, 0.1) is 23.9 Å². The molecule has 134 valence electrons. The molecule has 2 aromatic heterocycles. The SMILES string of the molecule is COC(=O)c1ccc2c(C)nn(-c3ncc(-c4ccccc4F)cn3)c2c1. The van der Waals surface area contributed by atoms with E-state index in [1.54, 1.807) is 47.4 Å². The van der Waals surface area contributed by atoms with Crippen LogP contribution >= 0.6 is 0 Å². The van der Waals surface area contributed by atoms with Crippen LogP contribution in [0, 0.1) is 12.7 Å². The molecule has 6 nitrogen and oxygen atoms in total. The monoisotopic (exact) mass is 362 g/mol. The van der Waals surface area contributed by atoms with Crippen molar-refractivity contribution in [1.82, 2.24) is 19.7 Å². The predicted molar refractivity (Wildman–Crippen MR) is 98.1 cm³/mol. The minimum absolute atomic E-state index is 0.329. The summed E-state index contributed by atoms with van der Waals surface area (Å²) < 4.78 is 20.3. The number of aryl methyl sites for hydroxylation is 1. The highest BCUT2D eigenvalue weighted by atomic mass is 19.1. The number of carbonyl (C=O) groups excluding carboxylic acids is 1. The van der Waals surface area contributed by atoms with E-state index in [2.05, 4.69) is 15.1 Å². The van der Waals surface area contributed by atoms with Crippen LogP contribution in [-0.2, 0) is 4.74 Å². The molecule has 2 heterocycles. The molecule has 0 saturated heterocycles. The molecule has 2 aromatic carbocycles. The van der Waals surface area contributed by atoms with E-state index < -0.39 is 5.97 Å². The highest BCUT2D eigenvalue weighted by Gasteiger charge is 2.15. The molecular weight excluding hydrogens is 347 g/mol. The van der Waals surface area contributed by atoms with Gasteiger partial charge in [-0.15, -0.1) is 0 Å². The molecule has 0 saturated carbocycles. The van der Waals surface area contributed by atoms with Crippen molar-refractivity contribution in [3.8, 4) is 17.1 Å². The molecule has 0 aliphatic heterocycles. The summed E-state index contributed by atoms with van der Waals surface area (Å²) in [4.78, 5) is 20.5. The average molecular weight is 362 g/mol. The van der Waals surface area contributed by atoms with Crippen LogP contribution in [0.5, 0.6) is 0 Å². The molecule has 4 aromatic rings. The van der Waals surface area contributed by atoms with E-state index in [1.807, 2.05) is 13.0 Å². The zero-order valence-electron chi connectivity index (χ0n) is 14.7. The standard InChI is InChI=1S/C20H15FN4O2/c1-12-15-8-7-13(19(26)27-2)9-18(15)25(24-12)20-22-10-14(11-23-20)16-5-3-4-6-17(16)21/h3-11H,1-2H3. The first-order valence-electron chi connectivity index (χ1n) is 8.23. The summed E-state index contributed by atoms with van der Waals surface area (Å²) in [6.07, 6.45) is 3.10. The fraction of sp³-hybridized carbons (Fsp3) is 0.100. The fourth-order valence-electron chi connectivity index (χ4n) is 2.93. The number of halogens is 1.